The van der Waals surface area contributed by atoms with Gasteiger partial charge in [0.1, 0.15) is 0 Å². The third-order valence-corrected chi connectivity index (χ3v) is 4.78. The molecule has 0 aromatic heterocycles. The fraction of sp³-hybridized carbons (Fsp3) is 0.625. The second kappa shape index (κ2) is 4.81. The highest BCUT2D eigenvalue weighted by Gasteiger charge is 2.28. The Hall–Kier alpha value is -0.820. The zero-order chi connectivity index (χ0) is 11.7. The van der Waals surface area contributed by atoms with Crippen LogP contribution < -0.4 is 5.32 Å². The Kier molecular flexibility index (Phi) is 3.19. The maximum absolute atomic E-state index is 3.52. The molecule has 92 valence electrons. The van der Waals surface area contributed by atoms with Gasteiger partial charge in [0, 0.05) is 6.04 Å². The predicted molar refractivity (Wildman–Crippen MR) is 72.2 cm³/mol. The third-order valence-electron chi connectivity index (χ3n) is 4.78. The molecular formula is C16H23N. The van der Waals surface area contributed by atoms with E-state index >= 15 is 0 Å². The molecule has 0 amide bonds. The highest BCUT2D eigenvalue weighted by molar-refractivity contribution is 5.30. The Balaban J connectivity index is 1.80. The van der Waals surface area contributed by atoms with E-state index in [1.807, 2.05) is 0 Å². The molecule has 2 fully saturated rings. The van der Waals surface area contributed by atoms with Gasteiger partial charge < -0.3 is 5.32 Å². The first-order chi connectivity index (χ1) is 8.38. The summed E-state index contributed by atoms with van der Waals surface area (Å²) >= 11 is 0. The van der Waals surface area contributed by atoms with Gasteiger partial charge in [0.15, 0.2) is 0 Å². The summed E-state index contributed by atoms with van der Waals surface area (Å²) in [6.07, 6.45) is 8.45. The van der Waals surface area contributed by atoms with Crippen molar-refractivity contribution in [2.75, 3.05) is 7.05 Å². The lowest BCUT2D eigenvalue weighted by atomic mass is 9.75. The molecule has 17 heavy (non-hydrogen) atoms. The van der Waals surface area contributed by atoms with Gasteiger partial charge in [-0.3, -0.25) is 0 Å². The zero-order valence-corrected chi connectivity index (χ0v) is 10.8. The lowest BCUT2D eigenvalue weighted by Gasteiger charge is -2.34. The average Bonchev–Trinajstić information content (AvgIpc) is 2.21. The van der Waals surface area contributed by atoms with Crippen LogP contribution in [0.15, 0.2) is 24.3 Å². The van der Waals surface area contributed by atoms with E-state index in [9.17, 15) is 0 Å². The van der Waals surface area contributed by atoms with Crippen LogP contribution in [0.3, 0.4) is 0 Å². The second-order valence-corrected chi connectivity index (χ2v) is 5.76. The van der Waals surface area contributed by atoms with Crippen LogP contribution in [0.2, 0.25) is 0 Å². The molecule has 2 aliphatic carbocycles. The standard InChI is InChI=1S/C16H23N/c1-17-16(13-7-3-8-13)15-10-4-9-14(11-15)12-5-2-6-12/h4,9-13,16-17H,2-3,5-8H2,1H3. The Bertz CT molecular complexity index is 377. The first-order valence-electron chi connectivity index (χ1n) is 7.15. The summed E-state index contributed by atoms with van der Waals surface area (Å²) in [7, 11) is 2.11. The molecule has 1 atom stereocenters. The first kappa shape index (κ1) is 11.3. The molecule has 1 nitrogen and oxygen atoms in total. The van der Waals surface area contributed by atoms with E-state index in [4.69, 9.17) is 0 Å². The highest BCUT2D eigenvalue weighted by atomic mass is 14.9. The minimum atomic E-state index is 0.587. The quantitative estimate of drug-likeness (QED) is 0.822. The third kappa shape index (κ3) is 2.13. The molecule has 1 heteroatoms. The van der Waals surface area contributed by atoms with Crippen molar-refractivity contribution in [1.29, 1.82) is 0 Å². The smallest absolute Gasteiger partial charge is 0.0346 e. The summed E-state index contributed by atoms with van der Waals surface area (Å²) < 4.78 is 0. The highest BCUT2D eigenvalue weighted by Crippen LogP contribution is 2.40. The number of nitrogens with one attached hydrogen (secondary N) is 1. The molecule has 0 spiro atoms. The SMILES string of the molecule is CNC(c1cccc(C2CCC2)c1)C1CCC1. The summed E-state index contributed by atoms with van der Waals surface area (Å²) in [5.74, 6) is 1.73. The van der Waals surface area contributed by atoms with Crippen molar-refractivity contribution >= 4 is 0 Å². The largest absolute Gasteiger partial charge is 0.313 e. The fourth-order valence-corrected chi connectivity index (χ4v) is 3.20. The molecule has 0 heterocycles. The van der Waals surface area contributed by atoms with Gasteiger partial charge in [-0.2, -0.15) is 0 Å². The van der Waals surface area contributed by atoms with Crippen molar-refractivity contribution in [1.82, 2.24) is 5.32 Å². The fourth-order valence-electron chi connectivity index (χ4n) is 3.20. The van der Waals surface area contributed by atoms with Crippen molar-refractivity contribution in [3.8, 4) is 0 Å². The van der Waals surface area contributed by atoms with Crippen molar-refractivity contribution < 1.29 is 0 Å². The van der Waals surface area contributed by atoms with E-state index in [-0.39, 0.29) is 0 Å². The van der Waals surface area contributed by atoms with Crippen LogP contribution in [-0.2, 0) is 0 Å². The Morgan fingerprint density at radius 1 is 1.12 bits per heavy atom. The van der Waals surface area contributed by atoms with Crippen LogP contribution in [-0.4, -0.2) is 7.05 Å². The Labute approximate surface area is 105 Å². The van der Waals surface area contributed by atoms with Crippen molar-refractivity contribution in [3.05, 3.63) is 35.4 Å². The Morgan fingerprint density at radius 3 is 2.41 bits per heavy atom. The number of benzene rings is 1. The van der Waals surface area contributed by atoms with E-state index in [0.717, 1.165) is 11.8 Å². The van der Waals surface area contributed by atoms with Gasteiger partial charge in [0.05, 0.1) is 0 Å². The predicted octanol–water partition coefficient (Wildman–Crippen LogP) is 4.01. The van der Waals surface area contributed by atoms with Crippen LogP contribution in [0.25, 0.3) is 0 Å². The summed E-state index contributed by atoms with van der Waals surface area (Å²) in [5.41, 5.74) is 3.09. The van der Waals surface area contributed by atoms with E-state index < -0.39 is 0 Å². The monoisotopic (exact) mass is 229 g/mol. The van der Waals surface area contributed by atoms with E-state index in [1.54, 1.807) is 5.56 Å². The van der Waals surface area contributed by atoms with Crippen LogP contribution in [0, 0.1) is 5.92 Å². The average molecular weight is 229 g/mol. The summed E-state index contributed by atoms with van der Waals surface area (Å²) in [6, 6.07) is 9.93. The van der Waals surface area contributed by atoms with Crippen molar-refractivity contribution in [2.45, 2.75) is 50.5 Å². The van der Waals surface area contributed by atoms with Crippen molar-refractivity contribution in [3.63, 3.8) is 0 Å². The molecule has 3 rings (SSSR count). The van der Waals surface area contributed by atoms with Gasteiger partial charge in [-0.1, -0.05) is 37.1 Å². The van der Waals surface area contributed by atoms with Gasteiger partial charge in [-0.05, 0) is 55.7 Å². The molecule has 1 N–H and O–H groups in total. The molecule has 2 saturated carbocycles. The Morgan fingerprint density at radius 2 is 1.88 bits per heavy atom. The summed E-state index contributed by atoms with van der Waals surface area (Å²) in [4.78, 5) is 0. The topological polar surface area (TPSA) is 12.0 Å². The molecule has 1 aromatic carbocycles. The number of hydrogen-bond acceptors (Lipinski definition) is 1. The van der Waals surface area contributed by atoms with Gasteiger partial charge in [0.25, 0.3) is 0 Å². The minimum absolute atomic E-state index is 0.587. The van der Waals surface area contributed by atoms with Crippen LogP contribution in [0.4, 0.5) is 0 Å². The molecule has 0 bridgehead atoms. The number of hydrogen-bond donors (Lipinski definition) is 1. The van der Waals surface area contributed by atoms with E-state index in [0.29, 0.717) is 6.04 Å². The normalized spacial score (nSPS) is 22.9. The molecule has 0 saturated heterocycles. The molecule has 0 aliphatic heterocycles. The molecular weight excluding hydrogens is 206 g/mol. The van der Waals surface area contributed by atoms with E-state index in [1.165, 1.54) is 44.1 Å². The molecule has 1 aromatic rings. The lowest BCUT2D eigenvalue weighted by Crippen LogP contribution is -2.29. The van der Waals surface area contributed by atoms with Crippen LogP contribution >= 0.6 is 0 Å². The van der Waals surface area contributed by atoms with Gasteiger partial charge in [-0.25, -0.2) is 0 Å². The second-order valence-electron chi connectivity index (χ2n) is 5.76. The van der Waals surface area contributed by atoms with Crippen molar-refractivity contribution in [2.24, 2.45) is 5.92 Å². The maximum atomic E-state index is 3.52. The van der Waals surface area contributed by atoms with Gasteiger partial charge in [0.2, 0.25) is 0 Å². The number of rotatable bonds is 4. The first-order valence-corrected chi connectivity index (χ1v) is 7.15. The molecule has 1 unspecified atom stereocenters. The molecule has 0 radical (unpaired) electrons. The molecule has 2 aliphatic rings. The van der Waals surface area contributed by atoms with Gasteiger partial charge >= 0.3 is 0 Å². The maximum Gasteiger partial charge on any atom is 0.0346 e. The van der Waals surface area contributed by atoms with E-state index in [2.05, 4.69) is 36.6 Å². The lowest BCUT2D eigenvalue weighted by molar-refractivity contribution is 0.239. The van der Waals surface area contributed by atoms with Gasteiger partial charge in [-0.15, -0.1) is 0 Å². The van der Waals surface area contributed by atoms with Crippen LogP contribution in [0.1, 0.15) is 61.6 Å². The summed E-state index contributed by atoms with van der Waals surface area (Å²) in [5, 5.41) is 3.52. The summed E-state index contributed by atoms with van der Waals surface area (Å²) in [6.45, 7) is 0. The minimum Gasteiger partial charge on any atom is -0.313 e. The zero-order valence-electron chi connectivity index (χ0n) is 10.8. The van der Waals surface area contributed by atoms with Crippen LogP contribution in [0.5, 0.6) is 0 Å².